The first-order valence-electron chi connectivity index (χ1n) is 10.0. The van der Waals surface area contributed by atoms with Crippen molar-refractivity contribution < 1.29 is 4.79 Å². The van der Waals surface area contributed by atoms with E-state index in [4.69, 9.17) is 4.98 Å². The number of hydrogen-bond acceptors (Lipinski definition) is 5. The maximum Gasteiger partial charge on any atom is 0.233 e. The van der Waals surface area contributed by atoms with Crippen LogP contribution in [-0.4, -0.2) is 32.4 Å². The molecule has 0 radical (unpaired) electrons. The van der Waals surface area contributed by atoms with Crippen LogP contribution in [0.3, 0.4) is 0 Å². The summed E-state index contributed by atoms with van der Waals surface area (Å²) in [5, 5.41) is 12.2. The summed E-state index contributed by atoms with van der Waals surface area (Å²) in [6, 6.07) is 20.2. The van der Waals surface area contributed by atoms with Gasteiger partial charge in [-0.2, -0.15) is 0 Å². The number of benzene rings is 2. The standard InChI is InChI=1S/C23H24N4OS/c1-16(22(28)24-19-14-8-9-15-19)29-23-25-20(17-10-4-2-5-11-17)21(26-27-23)18-12-6-3-7-13-18/h2-7,10-13,16,19H,8-9,14-15H2,1H3,(H,24,28)/t16-/m1/s1. The third-order valence-corrected chi connectivity index (χ3v) is 6.07. The number of nitrogens with one attached hydrogen (secondary N) is 1. The van der Waals surface area contributed by atoms with E-state index < -0.39 is 0 Å². The molecule has 1 aromatic heterocycles. The molecular formula is C23H24N4OS. The second-order valence-corrected chi connectivity index (χ2v) is 8.58. The molecule has 1 aliphatic rings. The van der Waals surface area contributed by atoms with Gasteiger partial charge < -0.3 is 5.32 Å². The number of carbonyl (C=O) groups excluding carboxylic acids is 1. The lowest BCUT2D eigenvalue weighted by Gasteiger charge is -2.16. The Morgan fingerprint density at radius 2 is 1.52 bits per heavy atom. The predicted molar refractivity (Wildman–Crippen MR) is 116 cm³/mol. The van der Waals surface area contributed by atoms with Crippen LogP contribution in [0.5, 0.6) is 0 Å². The van der Waals surface area contributed by atoms with E-state index >= 15 is 0 Å². The van der Waals surface area contributed by atoms with Crippen molar-refractivity contribution in [3.63, 3.8) is 0 Å². The van der Waals surface area contributed by atoms with E-state index in [9.17, 15) is 4.79 Å². The minimum atomic E-state index is -0.274. The zero-order chi connectivity index (χ0) is 20.1. The predicted octanol–water partition coefficient (Wildman–Crippen LogP) is 4.75. The van der Waals surface area contributed by atoms with E-state index in [-0.39, 0.29) is 11.2 Å². The van der Waals surface area contributed by atoms with Gasteiger partial charge in [0.1, 0.15) is 11.4 Å². The van der Waals surface area contributed by atoms with Crippen LogP contribution >= 0.6 is 11.8 Å². The maximum absolute atomic E-state index is 12.5. The van der Waals surface area contributed by atoms with Crippen LogP contribution in [0.2, 0.25) is 0 Å². The molecule has 3 aromatic rings. The van der Waals surface area contributed by atoms with Crippen LogP contribution in [0.1, 0.15) is 32.6 Å². The Bertz CT molecular complexity index is 959. The topological polar surface area (TPSA) is 67.8 Å². The van der Waals surface area contributed by atoms with Crippen LogP contribution < -0.4 is 5.32 Å². The maximum atomic E-state index is 12.5. The van der Waals surface area contributed by atoms with Gasteiger partial charge in [-0.15, -0.1) is 10.2 Å². The number of hydrogen-bond donors (Lipinski definition) is 1. The van der Waals surface area contributed by atoms with Crippen molar-refractivity contribution in [1.82, 2.24) is 20.5 Å². The quantitative estimate of drug-likeness (QED) is 0.601. The minimum absolute atomic E-state index is 0.0406. The van der Waals surface area contributed by atoms with E-state index in [0.717, 1.165) is 35.4 Å². The SMILES string of the molecule is C[C@@H](Sc1nnc(-c2ccccc2)c(-c2ccccc2)n1)C(=O)NC1CCCC1. The van der Waals surface area contributed by atoms with Crippen molar-refractivity contribution in [3.05, 3.63) is 60.7 Å². The summed E-state index contributed by atoms with van der Waals surface area (Å²) < 4.78 is 0. The van der Waals surface area contributed by atoms with E-state index in [1.807, 2.05) is 67.6 Å². The Balaban J connectivity index is 1.59. The molecule has 1 heterocycles. The normalized spacial score (nSPS) is 15.2. The Labute approximate surface area is 175 Å². The lowest BCUT2D eigenvalue weighted by Crippen LogP contribution is -2.37. The van der Waals surface area contributed by atoms with Gasteiger partial charge in [0.05, 0.1) is 5.25 Å². The number of nitrogens with zero attached hydrogens (tertiary/aromatic N) is 3. The van der Waals surface area contributed by atoms with Crippen LogP contribution in [0.25, 0.3) is 22.5 Å². The van der Waals surface area contributed by atoms with Gasteiger partial charge in [-0.1, -0.05) is 85.3 Å². The van der Waals surface area contributed by atoms with Gasteiger partial charge in [-0.05, 0) is 19.8 Å². The monoisotopic (exact) mass is 404 g/mol. The highest BCUT2D eigenvalue weighted by Crippen LogP contribution is 2.30. The molecule has 2 aromatic carbocycles. The molecule has 1 aliphatic carbocycles. The second kappa shape index (κ2) is 9.18. The highest BCUT2D eigenvalue weighted by molar-refractivity contribution is 8.00. The van der Waals surface area contributed by atoms with E-state index in [0.29, 0.717) is 11.2 Å². The van der Waals surface area contributed by atoms with Crippen LogP contribution in [0.4, 0.5) is 0 Å². The van der Waals surface area contributed by atoms with Gasteiger partial charge in [0, 0.05) is 17.2 Å². The fraction of sp³-hybridized carbons (Fsp3) is 0.304. The number of thioether (sulfide) groups is 1. The number of carbonyl (C=O) groups is 1. The summed E-state index contributed by atoms with van der Waals surface area (Å²) in [7, 11) is 0. The molecule has 0 saturated heterocycles. The molecular weight excluding hydrogens is 380 g/mol. The first-order valence-corrected chi connectivity index (χ1v) is 10.9. The summed E-state index contributed by atoms with van der Waals surface area (Å²) in [5.74, 6) is 0.0406. The Morgan fingerprint density at radius 3 is 2.14 bits per heavy atom. The Hall–Kier alpha value is -2.73. The molecule has 6 heteroatoms. The van der Waals surface area contributed by atoms with E-state index in [1.54, 1.807) is 0 Å². The van der Waals surface area contributed by atoms with Gasteiger partial charge >= 0.3 is 0 Å². The Kier molecular flexibility index (Phi) is 6.20. The highest BCUT2D eigenvalue weighted by Gasteiger charge is 2.23. The first-order chi connectivity index (χ1) is 14.2. The summed E-state index contributed by atoms with van der Waals surface area (Å²) >= 11 is 1.35. The average molecular weight is 405 g/mol. The molecule has 29 heavy (non-hydrogen) atoms. The molecule has 1 fully saturated rings. The van der Waals surface area contributed by atoms with Gasteiger partial charge in [0.25, 0.3) is 0 Å². The average Bonchev–Trinajstić information content (AvgIpc) is 3.28. The Morgan fingerprint density at radius 1 is 0.931 bits per heavy atom. The molecule has 0 aliphatic heterocycles. The molecule has 1 N–H and O–H groups in total. The molecule has 1 amide bonds. The van der Waals surface area contributed by atoms with Crippen LogP contribution in [0, 0.1) is 0 Å². The minimum Gasteiger partial charge on any atom is -0.352 e. The van der Waals surface area contributed by atoms with Gasteiger partial charge in [0.2, 0.25) is 11.1 Å². The van der Waals surface area contributed by atoms with E-state index in [1.165, 1.54) is 24.6 Å². The van der Waals surface area contributed by atoms with Gasteiger partial charge in [-0.25, -0.2) is 4.98 Å². The van der Waals surface area contributed by atoms with Crippen molar-refractivity contribution in [2.75, 3.05) is 0 Å². The first kappa shape index (κ1) is 19.6. The van der Waals surface area contributed by atoms with Gasteiger partial charge in [0.15, 0.2) is 0 Å². The summed E-state index contributed by atoms with van der Waals surface area (Å²) in [6.45, 7) is 1.89. The molecule has 148 valence electrons. The highest BCUT2D eigenvalue weighted by atomic mass is 32.2. The number of rotatable bonds is 6. The lowest BCUT2D eigenvalue weighted by atomic mass is 10.0. The fourth-order valence-electron chi connectivity index (χ4n) is 3.55. The van der Waals surface area contributed by atoms with Crippen molar-refractivity contribution in [1.29, 1.82) is 0 Å². The zero-order valence-corrected chi connectivity index (χ0v) is 17.2. The second-order valence-electron chi connectivity index (χ2n) is 7.27. The van der Waals surface area contributed by atoms with Crippen molar-refractivity contribution in [2.45, 2.75) is 49.1 Å². The number of aromatic nitrogens is 3. The van der Waals surface area contributed by atoms with Crippen molar-refractivity contribution in [3.8, 4) is 22.5 Å². The summed E-state index contributed by atoms with van der Waals surface area (Å²) in [6.07, 6.45) is 4.54. The van der Waals surface area contributed by atoms with Crippen LogP contribution in [-0.2, 0) is 4.79 Å². The van der Waals surface area contributed by atoms with Gasteiger partial charge in [-0.3, -0.25) is 4.79 Å². The zero-order valence-electron chi connectivity index (χ0n) is 16.4. The van der Waals surface area contributed by atoms with Crippen molar-refractivity contribution in [2.24, 2.45) is 0 Å². The molecule has 0 unspecified atom stereocenters. The molecule has 0 spiro atoms. The van der Waals surface area contributed by atoms with Crippen molar-refractivity contribution >= 4 is 17.7 Å². The largest absolute Gasteiger partial charge is 0.352 e. The molecule has 5 nitrogen and oxygen atoms in total. The molecule has 0 bridgehead atoms. The number of amides is 1. The smallest absolute Gasteiger partial charge is 0.233 e. The van der Waals surface area contributed by atoms with Crippen LogP contribution in [0.15, 0.2) is 65.8 Å². The molecule has 1 atom stereocenters. The molecule has 1 saturated carbocycles. The lowest BCUT2D eigenvalue weighted by molar-refractivity contribution is -0.120. The third kappa shape index (κ3) is 4.82. The summed E-state index contributed by atoms with van der Waals surface area (Å²) in [4.78, 5) is 17.3. The third-order valence-electron chi connectivity index (χ3n) is 5.11. The van der Waals surface area contributed by atoms with E-state index in [2.05, 4.69) is 15.5 Å². The molecule has 4 rings (SSSR count). The fourth-order valence-corrected chi connectivity index (χ4v) is 4.27. The summed E-state index contributed by atoms with van der Waals surface area (Å²) in [5.41, 5.74) is 3.46.